The molecule has 0 atom stereocenters. The molecule has 3 aromatic rings. The van der Waals surface area contributed by atoms with Gasteiger partial charge in [0.15, 0.2) is 0 Å². The van der Waals surface area contributed by atoms with Gasteiger partial charge in [-0.15, -0.1) is 11.3 Å². The molecule has 0 amide bonds. The number of carbonyl (C=O) groups excluding carboxylic acids is 1. The monoisotopic (exact) mass is 482 g/mol. The van der Waals surface area contributed by atoms with Crippen molar-refractivity contribution < 1.29 is 32.6 Å². The predicted molar refractivity (Wildman–Crippen MR) is 118 cm³/mol. The Balaban J connectivity index is 0.000000383. The van der Waals surface area contributed by atoms with Crippen molar-refractivity contribution in [1.29, 1.82) is 0 Å². The molecular weight excluding hydrogens is 461 g/mol. The Bertz CT molecular complexity index is 1110. The fourth-order valence-electron chi connectivity index (χ4n) is 2.98. The van der Waals surface area contributed by atoms with Crippen LogP contribution in [0.2, 0.25) is 0 Å². The van der Waals surface area contributed by atoms with Crippen LogP contribution in [0, 0.1) is 0 Å². The third kappa shape index (κ3) is 6.39. The molecule has 3 heterocycles. The van der Waals surface area contributed by atoms with Gasteiger partial charge in [-0.1, -0.05) is 0 Å². The molecule has 33 heavy (non-hydrogen) atoms. The topological polar surface area (TPSA) is 105 Å². The van der Waals surface area contributed by atoms with Crippen LogP contribution in [0.5, 0.6) is 0 Å². The maximum atomic E-state index is 11.9. The lowest BCUT2D eigenvalue weighted by Gasteiger charge is -2.28. The first-order valence-corrected chi connectivity index (χ1v) is 10.8. The van der Waals surface area contributed by atoms with Crippen LogP contribution in [0.1, 0.15) is 17.3 Å². The minimum atomic E-state index is -5.08. The van der Waals surface area contributed by atoms with E-state index < -0.39 is 12.1 Å². The van der Waals surface area contributed by atoms with Crippen LogP contribution in [-0.2, 0) is 9.53 Å². The van der Waals surface area contributed by atoms with E-state index in [2.05, 4.69) is 32.3 Å². The lowest BCUT2D eigenvalue weighted by atomic mass is 10.2. The summed E-state index contributed by atoms with van der Waals surface area (Å²) in [5.41, 5.74) is 2.42. The van der Waals surface area contributed by atoms with Crippen LogP contribution in [0.3, 0.4) is 0 Å². The number of rotatable bonds is 4. The van der Waals surface area contributed by atoms with Gasteiger partial charge in [-0.3, -0.25) is 0 Å². The molecule has 0 bridgehead atoms. The van der Waals surface area contributed by atoms with Crippen LogP contribution in [-0.4, -0.2) is 66.0 Å². The van der Waals surface area contributed by atoms with Gasteiger partial charge in [0.05, 0.1) is 22.4 Å². The van der Waals surface area contributed by atoms with Gasteiger partial charge in [0.1, 0.15) is 10.8 Å². The van der Waals surface area contributed by atoms with E-state index in [1.165, 1.54) is 0 Å². The molecule has 4 rings (SSSR count). The Morgan fingerprint density at radius 3 is 2.48 bits per heavy atom. The van der Waals surface area contributed by atoms with E-state index in [0.29, 0.717) is 12.2 Å². The number of esters is 1. The van der Waals surface area contributed by atoms with Gasteiger partial charge in [-0.05, 0) is 37.3 Å². The second-order valence-corrected chi connectivity index (χ2v) is 7.90. The third-order valence-corrected chi connectivity index (χ3v) is 5.65. The van der Waals surface area contributed by atoms with Gasteiger partial charge in [0.2, 0.25) is 0 Å². The molecule has 1 fully saturated rings. The highest BCUT2D eigenvalue weighted by molar-refractivity contribution is 7.21. The number of benzene rings is 1. The lowest BCUT2D eigenvalue weighted by molar-refractivity contribution is -0.192. The number of hydrogen-bond acceptors (Lipinski definition) is 8. The van der Waals surface area contributed by atoms with Crippen molar-refractivity contribution in [3.8, 4) is 10.6 Å². The molecule has 0 spiro atoms. The highest BCUT2D eigenvalue weighted by Gasteiger charge is 2.38. The fourth-order valence-corrected chi connectivity index (χ4v) is 3.98. The zero-order valence-electron chi connectivity index (χ0n) is 17.6. The van der Waals surface area contributed by atoms with Gasteiger partial charge >= 0.3 is 18.1 Å². The number of alkyl halides is 3. The second-order valence-electron chi connectivity index (χ2n) is 6.87. The molecule has 0 radical (unpaired) electrons. The number of carbonyl (C=O) groups is 2. The van der Waals surface area contributed by atoms with Gasteiger partial charge in [-0.2, -0.15) is 13.2 Å². The largest absolute Gasteiger partial charge is 0.490 e. The Morgan fingerprint density at radius 1 is 1.21 bits per heavy atom. The Labute approximate surface area is 191 Å². The van der Waals surface area contributed by atoms with Gasteiger partial charge in [-0.25, -0.2) is 19.6 Å². The molecule has 1 aliphatic rings. The third-order valence-electron chi connectivity index (χ3n) is 4.58. The maximum Gasteiger partial charge on any atom is 0.490 e. The van der Waals surface area contributed by atoms with E-state index >= 15 is 0 Å². The van der Waals surface area contributed by atoms with Gasteiger partial charge in [0.25, 0.3) is 0 Å². The van der Waals surface area contributed by atoms with Crippen LogP contribution < -0.4 is 10.2 Å². The van der Waals surface area contributed by atoms with Crippen molar-refractivity contribution in [2.24, 2.45) is 0 Å². The Kier molecular flexibility index (Phi) is 7.82. The average molecular weight is 482 g/mol. The number of nitrogens with one attached hydrogen (secondary N) is 1. The Morgan fingerprint density at radius 2 is 1.91 bits per heavy atom. The summed E-state index contributed by atoms with van der Waals surface area (Å²) < 4.78 is 37.8. The molecule has 0 unspecified atom stereocenters. The van der Waals surface area contributed by atoms with Crippen molar-refractivity contribution in [2.45, 2.75) is 13.1 Å². The standard InChI is InChI=1S/C19H20N4O2S.C2HF3O2/c1-2-25-19(24)13-3-5-15-16(11-13)26-18(22-15)14-4-6-17(21-12-14)23-9-7-20-8-10-23;3-2(4,5)1(6)7/h3-6,11-12,20H,2,7-10H2,1H3;(H,6,7). The summed E-state index contributed by atoms with van der Waals surface area (Å²) in [6, 6.07) is 9.59. The van der Waals surface area contributed by atoms with Crippen LogP contribution >= 0.6 is 11.3 Å². The summed E-state index contributed by atoms with van der Waals surface area (Å²) in [6.07, 6.45) is -3.21. The van der Waals surface area contributed by atoms with Gasteiger partial charge < -0.3 is 20.1 Å². The molecule has 2 N–H and O–H groups in total. The maximum absolute atomic E-state index is 11.9. The van der Waals surface area contributed by atoms with Crippen LogP contribution in [0.15, 0.2) is 36.5 Å². The smallest absolute Gasteiger partial charge is 0.475 e. The SMILES string of the molecule is CCOC(=O)c1ccc2nc(-c3ccc(N4CCNCC4)nc3)sc2c1.O=C(O)C(F)(F)F. The molecule has 0 aliphatic carbocycles. The zero-order chi connectivity index (χ0) is 24.0. The number of hydrogen-bond donors (Lipinski definition) is 2. The van der Waals surface area contributed by atoms with Gasteiger partial charge in [0, 0.05) is 37.9 Å². The minimum Gasteiger partial charge on any atom is -0.475 e. The van der Waals surface area contributed by atoms with E-state index in [0.717, 1.165) is 52.8 Å². The number of fused-ring (bicyclic) bond motifs is 1. The first-order valence-electron chi connectivity index (χ1n) is 9.99. The number of ether oxygens (including phenoxy) is 1. The summed E-state index contributed by atoms with van der Waals surface area (Å²) in [7, 11) is 0. The van der Waals surface area contributed by atoms with Crippen molar-refractivity contribution in [2.75, 3.05) is 37.7 Å². The van der Waals surface area contributed by atoms with Crippen molar-refractivity contribution in [1.82, 2.24) is 15.3 Å². The molecule has 2 aromatic heterocycles. The number of nitrogens with zero attached hydrogens (tertiary/aromatic N) is 3. The first-order chi connectivity index (χ1) is 15.7. The number of halogens is 3. The molecule has 1 aliphatic heterocycles. The summed E-state index contributed by atoms with van der Waals surface area (Å²) in [4.78, 5) is 32.4. The number of aromatic nitrogens is 2. The molecule has 176 valence electrons. The molecule has 12 heteroatoms. The molecular formula is C21H21F3N4O4S. The van der Waals surface area contributed by atoms with Crippen LogP contribution in [0.4, 0.5) is 19.0 Å². The summed E-state index contributed by atoms with van der Waals surface area (Å²) in [5.74, 6) is -2.06. The molecule has 8 nitrogen and oxygen atoms in total. The number of pyridine rings is 1. The molecule has 1 saturated heterocycles. The van der Waals surface area contributed by atoms with Crippen molar-refractivity contribution >= 4 is 39.3 Å². The quantitative estimate of drug-likeness (QED) is 0.544. The lowest BCUT2D eigenvalue weighted by Crippen LogP contribution is -2.43. The fraction of sp³-hybridized carbons (Fsp3) is 0.333. The van der Waals surface area contributed by atoms with Crippen molar-refractivity contribution in [3.05, 3.63) is 42.1 Å². The normalized spacial score (nSPS) is 13.9. The number of aliphatic carboxylic acids is 1. The number of anilines is 1. The number of carboxylic acids is 1. The highest BCUT2D eigenvalue weighted by atomic mass is 32.1. The Hall–Kier alpha value is -3.25. The van der Waals surface area contributed by atoms with E-state index in [-0.39, 0.29) is 5.97 Å². The summed E-state index contributed by atoms with van der Waals surface area (Å²) in [6.45, 7) is 6.11. The first kappa shape index (κ1) is 24.4. The van der Waals surface area contributed by atoms with Crippen molar-refractivity contribution in [3.63, 3.8) is 0 Å². The molecule has 1 aromatic carbocycles. The predicted octanol–water partition coefficient (Wildman–Crippen LogP) is 3.58. The van der Waals surface area contributed by atoms with E-state index in [4.69, 9.17) is 14.6 Å². The van der Waals surface area contributed by atoms with E-state index in [1.807, 2.05) is 18.3 Å². The van der Waals surface area contributed by atoms with E-state index in [9.17, 15) is 18.0 Å². The number of carboxylic acid groups (broad SMARTS) is 1. The number of piperazine rings is 1. The minimum absolute atomic E-state index is 0.300. The second kappa shape index (κ2) is 10.6. The average Bonchev–Trinajstić information content (AvgIpc) is 3.23. The van der Waals surface area contributed by atoms with E-state index in [1.54, 1.807) is 24.3 Å². The number of thiazole rings is 1. The van der Waals surface area contributed by atoms with Crippen LogP contribution in [0.25, 0.3) is 20.8 Å². The molecule has 0 saturated carbocycles. The summed E-state index contributed by atoms with van der Waals surface area (Å²) in [5, 5.41) is 11.4. The summed E-state index contributed by atoms with van der Waals surface area (Å²) >= 11 is 1.56. The zero-order valence-corrected chi connectivity index (χ0v) is 18.4. The highest BCUT2D eigenvalue weighted by Crippen LogP contribution is 2.31.